The van der Waals surface area contributed by atoms with Gasteiger partial charge in [-0.2, -0.15) is 0 Å². The zero-order valence-electron chi connectivity index (χ0n) is 14.6. The molecule has 0 atom stereocenters. The van der Waals surface area contributed by atoms with Crippen LogP contribution in [0.15, 0.2) is 42.5 Å². The van der Waals surface area contributed by atoms with Gasteiger partial charge >= 0.3 is 0 Å². The van der Waals surface area contributed by atoms with Gasteiger partial charge in [-0.25, -0.2) is 9.97 Å². The van der Waals surface area contributed by atoms with Crippen molar-refractivity contribution in [1.29, 1.82) is 0 Å². The van der Waals surface area contributed by atoms with Crippen molar-refractivity contribution in [3.8, 4) is 0 Å². The number of thiazole rings is 2. The molecule has 27 heavy (non-hydrogen) atoms. The second-order valence-corrected chi connectivity index (χ2v) is 8.53. The molecular formula is C20H14N4OS2. The van der Waals surface area contributed by atoms with Crippen LogP contribution >= 0.6 is 22.7 Å². The summed E-state index contributed by atoms with van der Waals surface area (Å²) in [6.07, 6.45) is 0. The lowest BCUT2D eigenvalue weighted by Gasteiger charge is -2.04. The number of nitrogens with zero attached hydrogens (tertiary/aromatic N) is 3. The number of pyridine rings is 1. The maximum absolute atomic E-state index is 12.7. The van der Waals surface area contributed by atoms with E-state index in [1.165, 1.54) is 11.3 Å². The summed E-state index contributed by atoms with van der Waals surface area (Å²) in [5.41, 5.74) is 4.16. The third-order valence-electron chi connectivity index (χ3n) is 4.33. The van der Waals surface area contributed by atoms with Gasteiger partial charge in [-0.15, -0.1) is 11.3 Å². The molecule has 5 nitrogen and oxygen atoms in total. The van der Waals surface area contributed by atoms with Crippen molar-refractivity contribution in [2.45, 2.75) is 13.8 Å². The first-order valence-corrected chi connectivity index (χ1v) is 10.1. The third-order valence-corrected chi connectivity index (χ3v) is 6.47. The smallest absolute Gasteiger partial charge is 0.257 e. The van der Waals surface area contributed by atoms with E-state index in [0.29, 0.717) is 10.7 Å². The molecule has 3 aromatic heterocycles. The van der Waals surface area contributed by atoms with E-state index < -0.39 is 0 Å². The van der Waals surface area contributed by atoms with Crippen LogP contribution in [0.25, 0.3) is 31.3 Å². The molecule has 5 rings (SSSR count). The minimum absolute atomic E-state index is 0.184. The maximum atomic E-state index is 12.7. The third kappa shape index (κ3) is 2.85. The largest absolute Gasteiger partial charge is 0.298 e. The van der Waals surface area contributed by atoms with E-state index in [9.17, 15) is 4.79 Å². The first-order chi connectivity index (χ1) is 13.1. The number of hydrogen-bond donors (Lipinski definition) is 1. The van der Waals surface area contributed by atoms with E-state index >= 15 is 0 Å². The number of anilines is 1. The number of benzene rings is 2. The summed E-state index contributed by atoms with van der Waals surface area (Å²) >= 11 is 3.13. The number of carbonyl (C=O) groups is 1. The number of fused-ring (bicyclic) bond motifs is 4. The molecule has 1 amide bonds. The van der Waals surface area contributed by atoms with E-state index in [2.05, 4.69) is 20.3 Å². The van der Waals surface area contributed by atoms with Crippen molar-refractivity contribution < 1.29 is 4.79 Å². The molecule has 0 saturated heterocycles. The minimum Gasteiger partial charge on any atom is -0.298 e. The lowest BCUT2D eigenvalue weighted by atomic mass is 10.1. The summed E-state index contributed by atoms with van der Waals surface area (Å²) in [6, 6.07) is 13.4. The van der Waals surface area contributed by atoms with Gasteiger partial charge < -0.3 is 0 Å². The van der Waals surface area contributed by atoms with Gasteiger partial charge in [-0.3, -0.25) is 15.1 Å². The minimum atomic E-state index is -0.184. The lowest BCUT2D eigenvalue weighted by molar-refractivity contribution is 0.102. The molecule has 7 heteroatoms. The first kappa shape index (κ1) is 16.3. The van der Waals surface area contributed by atoms with Crippen molar-refractivity contribution in [3.63, 3.8) is 0 Å². The summed E-state index contributed by atoms with van der Waals surface area (Å²) in [5.74, 6) is -0.184. The number of rotatable bonds is 2. The van der Waals surface area contributed by atoms with E-state index in [1.807, 2.05) is 56.3 Å². The van der Waals surface area contributed by atoms with E-state index in [1.54, 1.807) is 11.3 Å². The molecule has 1 N–H and O–H groups in total. The number of aryl methyl sites for hydroxylation is 2. The second kappa shape index (κ2) is 6.07. The Kier molecular flexibility index (Phi) is 3.66. The predicted molar refractivity (Wildman–Crippen MR) is 112 cm³/mol. The Labute approximate surface area is 162 Å². The lowest BCUT2D eigenvalue weighted by Crippen LogP contribution is -2.11. The number of nitrogens with one attached hydrogen (secondary N) is 1. The number of amides is 1. The molecule has 0 fully saturated rings. The zero-order chi connectivity index (χ0) is 18.5. The quantitative estimate of drug-likeness (QED) is 0.443. The highest BCUT2D eigenvalue weighted by Gasteiger charge is 2.14. The fourth-order valence-corrected chi connectivity index (χ4v) is 5.07. The number of carbonyl (C=O) groups excluding carboxylic acids is 1. The van der Waals surface area contributed by atoms with Gasteiger partial charge in [0.15, 0.2) is 5.13 Å². The SMILES string of the molecule is Cc1ccc2ccc(C(=O)Nc3nc4ccc5nc(C)sc5c4s3)cc2n1. The summed E-state index contributed by atoms with van der Waals surface area (Å²) in [7, 11) is 0. The van der Waals surface area contributed by atoms with E-state index in [0.717, 1.165) is 42.0 Å². The van der Waals surface area contributed by atoms with Crippen LogP contribution in [0.3, 0.4) is 0 Å². The summed E-state index contributed by atoms with van der Waals surface area (Å²) in [4.78, 5) is 26.3. The fraction of sp³-hybridized carbons (Fsp3) is 0.100. The zero-order valence-corrected chi connectivity index (χ0v) is 16.2. The van der Waals surface area contributed by atoms with Crippen molar-refractivity contribution in [2.75, 3.05) is 5.32 Å². The normalized spacial score (nSPS) is 11.5. The van der Waals surface area contributed by atoms with Gasteiger partial charge in [0, 0.05) is 16.6 Å². The predicted octanol–water partition coefficient (Wildman–Crippen LogP) is 5.32. The van der Waals surface area contributed by atoms with Gasteiger partial charge in [0.1, 0.15) is 0 Å². The van der Waals surface area contributed by atoms with Gasteiger partial charge in [0.2, 0.25) is 0 Å². The molecule has 0 unspecified atom stereocenters. The molecule has 0 radical (unpaired) electrons. The highest BCUT2D eigenvalue weighted by molar-refractivity contribution is 7.28. The molecule has 132 valence electrons. The average Bonchev–Trinajstić information content (AvgIpc) is 3.22. The monoisotopic (exact) mass is 390 g/mol. The highest BCUT2D eigenvalue weighted by Crippen LogP contribution is 2.35. The number of aromatic nitrogens is 3. The van der Waals surface area contributed by atoms with Crippen LogP contribution in [0.4, 0.5) is 5.13 Å². The summed E-state index contributed by atoms with van der Waals surface area (Å²) in [5, 5.41) is 5.55. The van der Waals surface area contributed by atoms with Crippen LogP contribution in [0.5, 0.6) is 0 Å². The first-order valence-electron chi connectivity index (χ1n) is 8.42. The van der Waals surface area contributed by atoms with Crippen LogP contribution in [0, 0.1) is 13.8 Å². The van der Waals surface area contributed by atoms with Crippen molar-refractivity contribution in [1.82, 2.24) is 15.0 Å². The molecule has 0 bridgehead atoms. The van der Waals surface area contributed by atoms with Crippen molar-refractivity contribution in [2.24, 2.45) is 0 Å². The topological polar surface area (TPSA) is 67.8 Å². The van der Waals surface area contributed by atoms with Crippen molar-refractivity contribution in [3.05, 3.63) is 58.7 Å². The van der Waals surface area contributed by atoms with E-state index in [4.69, 9.17) is 0 Å². The molecular weight excluding hydrogens is 376 g/mol. The van der Waals surface area contributed by atoms with Crippen LogP contribution in [-0.4, -0.2) is 20.9 Å². The van der Waals surface area contributed by atoms with Crippen LogP contribution in [0.1, 0.15) is 21.1 Å². The number of hydrogen-bond acceptors (Lipinski definition) is 6. The second-order valence-electron chi connectivity index (χ2n) is 6.33. The Hall–Kier alpha value is -2.90. The van der Waals surface area contributed by atoms with Gasteiger partial charge in [0.25, 0.3) is 5.91 Å². The van der Waals surface area contributed by atoms with Crippen LogP contribution in [-0.2, 0) is 0 Å². The van der Waals surface area contributed by atoms with E-state index in [-0.39, 0.29) is 5.91 Å². The molecule has 2 aromatic carbocycles. The molecule has 0 aliphatic rings. The van der Waals surface area contributed by atoms with Crippen LogP contribution in [0.2, 0.25) is 0 Å². The highest BCUT2D eigenvalue weighted by atomic mass is 32.1. The van der Waals surface area contributed by atoms with Gasteiger partial charge in [0.05, 0.1) is 31.0 Å². The standard InChI is InChI=1S/C20H14N4OS2/c1-10-3-4-12-5-6-13(9-16(12)21-10)19(25)24-20-23-15-8-7-14-17(18(15)27-20)26-11(2)22-14/h3-9H,1-2H3,(H,23,24,25). The summed E-state index contributed by atoms with van der Waals surface area (Å²) in [6.45, 7) is 3.94. The van der Waals surface area contributed by atoms with Crippen LogP contribution < -0.4 is 5.32 Å². The molecule has 3 heterocycles. The maximum Gasteiger partial charge on any atom is 0.257 e. The Morgan fingerprint density at radius 2 is 1.59 bits per heavy atom. The van der Waals surface area contributed by atoms with Crippen molar-refractivity contribution >= 4 is 65.0 Å². The Morgan fingerprint density at radius 1 is 0.852 bits per heavy atom. The fourth-order valence-electron chi connectivity index (χ4n) is 3.07. The molecule has 0 saturated carbocycles. The molecule has 0 spiro atoms. The Morgan fingerprint density at radius 3 is 2.44 bits per heavy atom. The molecule has 5 aromatic rings. The Balaban J connectivity index is 1.50. The average molecular weight is 390 g/mol. The Bertz CT molecular complexity index is 1350. The molecule has 0 aliphatic carbocycles. The van der Waals surface area contributed by atoms with Gasteiger partial charge in [-0.05, 0) is 44.2 Å². The molecule has 0 aliphatic heterocycles. The summed E-state index contributed by atoms with van der Waals surface area (Å²) < 4.78 is 2.18. The van der Waals surface area contributed by atoms with Gasteiger partial charge in [-0.1, -0.05) is 23.5 Å².